The molecule has 0 radical (unpaired) electrons. The van der Waals surface area contributed by atoms with E-state index in [0.717, 1.165) is 21.3 Å². The number of aromatic nitrogens is 2. The standard InChI is InChI=1S/C25H26BrF2N3O4/c1-14(16-9-11-17(12-10-16)29-23(33)35-25(3,4)5)31-22(32)21(26)15(2)30(24(31)34)13-18-19(27)7-6-8-20(18)28/h6-12,14H,13H2,1-5H3,(H,29,33)/t14-/m1/s1. The Labute approximate surface area is 209 Å². The zero-order valence-electron chi connectivity index (χ0n) is 20.0. The molecule has 0 saturated carbocycles. The Bertz CT molecular complexity index is 1360. The van der Waals surface area contributed by atoms with Gasteiger partial charge in [-0.25, -0.2) is 18.4 Å². The summed E-state index contributed by atoms with van der Waals surface area (Å²) in [7, 11) is 0. The van der Waals surface area contributed by atoms with Crippen molar-refractivity contribution >= 4 is 27.7 Å². The Kier molecular flexibility index (Phi) is 7.64. The maximum atomic E-state index is 14.2. The number of ether oxygens (including phenoxy) is 1. The van der Waals surface area contributed by atoms with Gasteiger partial charge in [-0.15, -0.1) is 0 Å². The van der Waals surface area contributed by atoms with Crippen molar-refractivity contribution in [3.05, 3.63) is 96.2 Å². The molecule has 1 aromatic heterocycles. The highest BCUT2D eigenvalue weighted by Crippen LogP contribution is 2.21. The first-order valence-electron chi connectivity index (χ1n) is 10.8. The summed E-state index contributed by atoms with van der Waals surface area (Å²) in [5, 5.41) is 2.62. The molecule has 186 valence electrons. The van der Waals surface area contributed by atoms with E-state index in [0.29, 0.717) is 11.3 Å². The maximum absolute atomic E-state index is 14.2. The Balaban J connectivity index is 1.97. The van der Waals surface area contributed by atoms with E-state index in [9.17, 15) is 23.2 Å². The number of amides is 1. The molecule has 0 aliphatic heterocycles. The number of anilines is 1. The molecule has 1 heterocycles. The van der Waals surface area contributed by atoms with E-state index < -0.39 is 40.6 Å². The fourth-order valence-electron chi connectivity index (χ4n) is 3.52. The summed E-state index contributed by atoms with van der Waals surface area (Å²) < 4.78 is 36.0. The maximum Gasteiger partial charge on any atom is 0.412 e. The molecule has 35 heavy (non-hydrogen) atoms. The van der Waals surface area contributed by atoms with Crippen LogP contribution in [-0.2, 0) is 11.3 Å². The molecule has 0 aliphatic rings. The van der Waals surface area contributed by atoms with Gasteiger partial charge < -0.3 is 4.74 Å². The second kappa shape index (κ2) is 10.2. The highest BCUT2D eigenvalue weighted by molar-refractivity contribution is 9.10. The van der Waals surface area contributed by atoms with Gasteiger partial charge >= 0.3 is 11.8 Å². The van der Waals surface area contributed by atoms with Gasteiger partial charge in [-0.2, -0.15) is 0 Å². The van der Waals surface area contributed by atoms with Gasteiger partial charge in [0.1, 0.15) is 21.7 Å². The minimum Gasteiger partial charge on any atom is -0.444 e. The second-order valence-electron chi connectivity index (χ2n) is 9.07. The van der Waals surface area contributed by atoms with Gasteiger partial charge in [0.25, 0.3) is 5.56 Å². The molecule has 1 N–H and O–H groups in total. The molecule has 1 atom stereocenters. The molecule has 0 bridgehead atoms. The lowest BCUT2D eigenvalue weighted by Gasteiger charge is -2.21. The topological polar surface area (TPSA) is 82.3 Å². The van der Waals surface area contributed by atoms with Crippen LogP contribution >= 0.6 is 15.9 Å². The Hall–Kier alpha value is -3.27. The molecule has 0 spiro atoms. The smallest absolute Gasteiger partial charge is 0.412 e. The molecule has 0 aliphatic carbocycles. The van der Waals surface area contributed by atoms with E-state index in [1.165, 1.54) is 13.0 Å². The van der Waals surface area contributed by atoms with Crippen molar-refractivity contribution in [2.45, 2.75) is 52.8 Å². The van der Waals surface area contributed by atoms with Crippen LogP contribution < -0.4 is 16.6 Å². The van der Waals surface area contributed by atoms with Crippen molar-refractivity contribution in [3.63, 3.8) is 0 Å². The number of benzene rings is 2. The summed E-state index contributed by atoms with van der Waals surface area (Å²) >= 11 is 3.23. The number of nitrogens with zero attached hydrogens (tertiary/aromatic N) is 2. The first-order valence-corrected chi connectivity index (χ1v) is 11.6. The molecule has 0 saturated heterocycles. The lowest BCUT2D eigenvalue weighted by molar-refractivity contribution is 0.0636. The van der Waals surface area contributed by atoms with E-state index >= 15 is 0 Å². The highest BCUT2D eigenvalue weighted by atomic mass is 79.9. The van der Waals surface area contributed by atoms with E-state index in [-0.39, 0.29) is 22.3 Å². The van der Waals surface area contributed by atoms with E-state index in [1.54, 1.807) is 52.0 Å². The van der Waals surface area contributed by atoms with Crippen LogP contribution in [0.3, 0.4) is 0 Å². The van der Waals surface area contributed by atoms with Crippen molar-refractivity contribution in [2.24, 2.45) is 0 Å². The quantitative estimate of drug-likeness (QED) is 0.464. The number of nitrogens with one attached hydrogen (secondary N) is 1. The molecule has 3 rings (SSSR count). The average Bonchev–Trinajstić information content (AvgIpc) is 2.76. The SMILES string of the molecule is Cc1c(Br)c(=O)n([C@H](C)c2ccc(NC(=O)OC(C)(C)C)cc2)c(=O)n1Cc1c(F)cccc1F. The molecule has 0 fully saturated rings. The van der Waals surface area contributed by atoms with Gasteiger partial charge in [-0.3, -0.25) is 19.2 Å². The monoisotopic (exact) mass is 549 g/mol. The number of rotatable bonds is 5. The largest absolute Gasteiger partial charge is 0.444 e. The van der Waals surface area contributed by atoms with Gasteiger partial charge in [0.05, 0.1) is 12.6 Å². The van der Waals surface area contributed by atoms with E-state index in [4.69, 9.17) is 4.74 Å². The van der Waals surface area contributed by atoms with Crippen molar-refractivity contribution in [1.29, 1.82) is 0 Å². The molecule has 1 amide bonds. The van der Waals surface area contributed by atoms with Crippen LogP contribution in [-0.4, -0.2) is 20.8 Å². The minimum atomic E-state index is -0.786. The Morgan fingerprint density at radius 2 is 1.66 bits per heavy atom. The summed E-state index contributed by atoms with van der Waals surface area (Å²) in [5.41, 5.74) is -0.867. The summed E-state index contributed by atoms with van der Waals surface area (Å²) in [4.78, 5) is 38.3. The summed E-state index contributed by atoms with van der Waals surface area (Å²) in [6.45, 7) is 8.06. The lowest BCUT2D eigenvalue weighted by Crippen LogP contribution is -2.43. The van der Waals surface area contributed by atoms with Crippen LogP contribution in [0.2, 0.25) is 0 Å². The normalized spacial score (nSPS) is 12.3. The van der Waals surface area contributed by atoms with E-state index in [1.807, 2.05) is 0 Å². The Morgan fingerprint density at radius 3 is 2.20 bits per heavy atom. The van der Waals surface area contributed by atoms with Gasteiger partial charge in [0.2, 0.25) is 0 Å². The van der Waals surface area contributed by atoms with Gasteiger partial charge in [-0.1, -0.05) is 18.2 Å². The van der Waals surface area contributed by atoms with Crippen molar-refractivity contribution < 1.29 is 18.3 Å². The zero-order valence-corrected chi connectivity index (χ0v) is 21.6. The van der Waals surface area contributed by atoms with Gasteiger partial charge in [0, 0.05) is 16.9 Å². The number of carbonyl (C=O) groups excluding carboxylic acids is 1. The van der Waals surface area contributed by atoms with Crippen LogP contribution in [0.15, 0.2) is 56.5 Å². The van der Waals surface area contributed by atoms with Crippen LogP contribution in [0, 0.1) is 18.6 Å². The molecule has 7 nitrogen and oxygen atoms in total. The lowest BCUT2D eigenvalue weighted by atomic mass is 10.1. The fourth-order valence-corrected chi connectivity index (χ4v) is 3.93. The van der Waals surface area contributed by atoms with Gasteiger partial charge in [0.15, 0.2) is 0 Å². The molecule has 0 unspecified atom stereocenters. The first kappa shape index (κ1) is 26.3. The number of hydrogen-bond donors (Lipinski definition) is 1. The average molecular weight is 550 g/mol. The van der Waals surface area contributed by atoms with Crippen LogP contribution in [0.1, 0.15) is 50.6 Å². The zero-order chi connectivity index (χ0) is 26.1. The number of halogens is 3. The Morgan fingerprint density at radius 1 is 1.09 bits per heavy atom. The highest BCUT2D eigenvalue weighted by Gasteiger charge is 2.22. The number of hydrogen-bond acceptors (Lipinski definition) is 4. The minimum absolute atomic E-state index is 0.115. The third-order valence-corrected chi connectivity index (χ3v) is 6.28. The van der Waals surface area contributed by atoms with Crippen molar-refractivity contribution in [3.8, 4) is 0 Å². The third-order valence-electron chi connectivity index (χ3n) is 5.37. The fraction of sp³-hybridized carbons (Fsp3) is 0.320. The summed E-state index contributed by atoms with van der Waals surface area (Å²) in [6.07, 6.45) is -0.611. The molecule has 2 aromatic carbocycles. The van der Waals surface area contributed by atoms with Crippen molar-refractivity contribution in [1.82, 2.24) is 9.13 Å². The first-order chi connectivity index (χ1) is 16.3. The van der Waals surface area contributed by atoms with Crippen LogP contribution in [0.4, 0.5) is 19.3 Å². The molecular formula is C25H26BrF2N3O4. The summed E-state index contributed by atoms with van der Waals surface area (Å²) in [5.74, 6) is -1.57. The summed E-state index contributed by atoms with van der Waals surface area (Å²) in [6, 6.07) is 9.33. The second-order valence-corrected chi connectivity index (χ2v) is 9.86. The molecule has 3 aromatic rings. The predicted octanol–water partition coefficient (Wildman–Crippen LogP) is 5.36. The van der Waals surface area contributed by atoms with Crippen LogP contribution in [0.25, 0.3) is 0 Å². The molecule has 10 heteroatoms. The van der Waals surface area contributed by atoms with E-state index in [2.05, 4.69) is 21.2 Å². The van der Waals surface area contributed by atoms with Gasteiger partial charge in [-0.05, 0) is 80.4 Å². The predicted molar refractivity (Wildman–Crippen MR) is 133 cm³/mol. The number of carbonyl (C=O) groups is 1. The third kappa shape index (κ3) is 5.87. The van der Waals surface area contributed by atoms with Crippen molar-refractivity contribution in [2.75, 3.05) is 5.32 Å². The molecular weight excluding hydrogens is 524 g/mol. The van der Waals surface area contributed by atoms with Crippen LogP contribution in [0.5, 0.6) is 0 Å².